The number of halogens is 1. The van der Waals surface area contributed by atoms with Gasteiger partial charge >= 0.3 is 0 Å². The highest BCUT2D eigenvalue weighted by Gasteiger charge is 2.11. The van der Waals surface area contributed by atoms with Crippen molar-refractivity contribution in [2.24, 2.45) is 0 Å². The lowest BCUT2D eigenvalue weighted by molar-refractivity contribution is -0.117. The monoisotopic (exact) mass is 448 g/mol. The van der Waals surface area contributed by atoms with Gasteiger partial charge in [0.05, 0.1) is 3.57 Å². The van der Waals surface area contributed by atoms with Gasteiger partial charge < -0.3 is 15.5 Å². The maximum Gasteiger partial charge on any atom is 0.261 e. The van der Waals surface area contributed by atoms with Crippen LogP contribution in [-0.2, 0) is 11.2 Å². The van der Waals surface area contributed by atoms with Crippen LogP contribution >= 0.6 is 22.6 Å². The van der Waals surface area contributed by atoms with E-state index in [1.54, 1.807) is 6.07 Å². The summed E-state index contributed by atoms with van der Waals surface area (Å²) in [5.74, 6) is -0.974. The highest BCUT2D eigenvalue weighted by molar-refractivity contribution is 14.1. The van der Waals surface area contributed by atoms with Gasteiger partial charge in [0.25, 0.3) is 5.91 Å². The number of carbonyl (C=O) groups is 1. The van der Waals surface area contributed by atoms with Crippen LogP contribution in [0, 0.1) is 14.9 Å². The van der Waals surface area contributed by atoms with Crippen LogP contribution in [-0.4, -0.2) is 22.7 Å². The second-order valence-electron chi connectivity index (χ2n) is 5.39. The van der Waals surface area contributed by atoms with E-state index in [0.717, 1.165) is 12.8 Å². The third-order valence-electron chi connectivity index (χ3n) is 3.51. The predicted molar refractivity (Wildman–Crippen MR) is 104 cm³/mol. The van der Waals surface area contributed by atoms with Gasteiger partial charge in [0, 0.05) is 6.54 Å². The lowest BCUT2D eigenvalue weighted by Gasteiger charge is -2.06. The van der Waals surface area contributed by atoms with Crippen LogP contribution in [0.2, 0.25) is 0 Å². The molecule has 0 fully saturated rings. The number of benzene rings is 2. The molecule has 0 aliphatic rings. The van der Waals surface area contributed by atoms with Crippen molar-refractivity contribution < 1.29 is 15.0 Å². The summed E-state index contributed by atoms with van der Waals surface area (Å²) in [4.78, 5) is 12.1. The summed E-state index contributed by atoms with van der Waals surface area (Å²) in [6.45, 7) is 0.463. The molecule has 5 nitrogen and oxygen atoms in total. The van der Waals surface area contributed by atoms with Crippen molar-refractivity contribution in [1.82, 2.24) is 5.32 Å². The van der Waals surface area contributed by atoms with Crippen molar-refractivity contribution in [2.45, 2.75) is 12.8 Å². The summed E-state index contributed by atoms with van der Waals surface area (Å²) < 4.78 is 0.435. The van der Waals surface area contributed by atoms with E-state index in [1.165, 1.54) is 17.7 Å². The Morgan fingerprint density at radius 3 is 2.60 bits per heavy atom. The molecule has 0 atom stereocenters. The second-order valence-corrected chi connectivity index (χ2v) is 6.55. The van der Waals surface area contributed by atoms with Crippen molar-refractivity contribution in [1.29, 1.82) is 5.26 Å². The topological polar surface area (TPSA) is 93.3 Å². The highest BCUT2D eigenvalue weighted by Crippen LogP contribution is 2.32. The minimum absolute atomic E-state index is 0.0550. The molecule has 2 rings (SSSR count). The number of phenolic OH excluding ortho intramolecular Hbond substituents is 2. The molecule has 0 saturated heterocycles. The van der Waals surface area contributed by atoms with E-state index >= 15 is 0 Å². The number of carbonyl (C=O) groups excluding carboxylic acids is 1. The number of hydrogen-bond acceptors (Lipinski definition) is 4. The fourth-order valence-corrected chi connectivity index (χ4v) is 2.87. The zero-order valence-electron chi connectivity index (χ0n) is 13.4. The predicted octanol–water partition coefficient (Wildman–Crippen LogP) is 3.36. The smallest absolute Gasteiger partial charge is 0.261 e. The summed E-state index contributed by atoms with van der Waals surface area (Å²) in [5, 5.41) is 31.1. The molecular weight excluding hydrogens is 431 g/mol. The zero-order chi connectivity index (χ0) is 18.2. The van der Waals surface area contributed by atoms with Crippen LogP contribution in [0.1, 0.15) is 17.5 Å². The molecule has 0 heterocycles. The van der Waals surface area contributed by atoms with Gasteiger partial charge in [-0.05, 0) is 64.8 Å². The largest absolute Gasteiger partial charge is 0.504 e. The van der Waals surface area contributed by atoms with E-state index < -0.39 is 5.91 Å². The molecule has 128 valence electrons. The Kier molecular flexibility index (Phi) is 6.83. The SMILES string of the molecule is N#C/C(=C\c1cc(O)c(O)c(I)c1)C(=O)NCCCc1ccccc1. The first-order valence-corrected chi connectivity index (χ1v) is 8.74. The Morgan fingerprint density at radius 1 is 1.24 bits per heavy atom. The molecule has 0 saturated carbocycles. The molecule has 0 aromatic heterocycles. The van der Waals surface area contributed by atoms with Gasteiger partial charge in [0.1, 0.15) is 11.6 Å². The zero-order valence-corrected chi connectivity index (χ0v) is 15.5. The van der Waals surface area contributed by atoms with Gasteiger partial charge in [0.15, 0.2) is 11.5 Å². The van der Waals surface area contributed by atoms with E-state index in [-0.39, 0.29) is 17.1 Å². The van der Waals surface area contributed by atoms with Crippen molar-refractivity contribution >= 4 is 34.6 Å². The Labute approximate surface area is 159 Å². The van der Waals surface area contributed by atoms with Crippen molar-refractivity contribution in [3.05, 3.63) is 62.7 Å². The van der Waals surface area contributed by atoms with Gasteiger partial charge in [-0.1, -0.05) is 30.3 Å². The Morgan fingerprint density at radius 2 is 1.96 bits per heavy atom. The van der Waals surface area contributed by atoms with Crippen LogP contribution in [0.4, 0.5) is 0 Å². The molecule has 2 aromatic carbocycles. The van der Waals surface area contributed by atoms with Crippen molar-refractivity contribution in [3.8, 4) is 17.6 Å². The van der Waals surface area contributed by atoms with Crippen LogP contribution in [0.5, 0.6) is 11.5 Å². The normalized spacial score (nSPS) is 11.0. The Bertz CT molecular complexity index is 803. The average molecular weight is 448 g/mol. The van der Waals surface area contributed by atoms with Gasteiger partial charge in [-0.25, -0.2) is 0 Å². The minimum atomic E-state index is -0.460. The lowest BCUT2D eigenvalue weighted by atomic mass is 10.1. The van der Waals surface area contributed by atoms with E-state index in [9.17, 15) is 20.3 Å². The first-order valence-electron chi connectivity index (χ1n) is 7.66. The molecule has 6 heteroatoms. The number of nitrogens with zero attached hydrogens (tertiary/aromatic N) is 1. The lowest BCUT2D eigenvalue weighted by Crippen LogP contribution is -2.25. The number of phenols is 2. The molecule has 0 spiro atoms. The van der Waals surface area contributed by atoms with Gasteiger partial charge in [-0.3, -0.25) is 4.79 Å². The highest BCUT2D eigenvalue weighted by atomic mass is 127. The number of nitrogens with one attached hydrogen (secondary N) is 1. The molecule has 0 aliphatic carbocycles. The summed E-state index contributed by atoms with van der Waals surface area (Å²) in [5.41, 5.74) is 1.61. The fraction of sp³-hybridized carbons (Fsp3) is 0.158. The number of amides is 1. The molecule has 1 amide bonds. The summed E-state index contributed by atoms with van der Waals surface area (Å²) >= 11 is 1.86. The molecule has 25 heavy (non-hydrogen) atoms. The molecule has 0 aliphatic heterocycles. The third kappa shape index (κ3) is 5.50. The van der Waals surface area contributed by atoms with Crippen molar-refractivity contribution in [2.75, 3.05) is 6.54 Å². The molecule has 0 unspecified atom stereocenters. The number of hydrogen-bond donors (Lipinski definition) is 3. The third-order valence-corrected chi connectivity index (χ3v) is 4.33. The molecule has 3 N–H and O–H groups in total. The molecule has 0 bridgehead atoms. The first kappa shape index (κ1) is 18.8. The van der Waals surface area contributed by atoms with Crippen LogP contribution < -0.4 is 5.32 Å². The fourth-order valence-electron chi connectivity index (χ4n) is 2.24. The first-order chi connectivity index (χ1) is 12.0. The quantitative estimate of drug-likeness (QED) is 0.208. The average Bonchev–Trinajstić information content (AvgIpc) is 2.61. The number of nitriles is 1. The van der Waals surface area contributed by atoms with Crippen LogP contribution in [0.15, 0.2) is 48.0 Å². The van der Waals surface area contributed by atoms with E-state index in [0.29, 0.717) is 15.7 Å². The van der Waals surface area contributed by atoms with Gasteiger partial charge in [0.2, 0.25) is 0 Å². The minimum Gasteiger partial charge on any atom is -0.504 e. The van der Waals surface area contributed by atoms with E-state index in [1.807, 2.05) is 59.0 Å². The van der Waals surface area contributed by atoms with Crippen LogP contribution in [0.25, 0.3) is 6.08 Å². The van der Waals surface area contributed by atoms with Crippen molar-refractivity contribution in [3.63, 3.8) is 0 Å². The number of rotatable bonds is 6. The van der Waals surface area contributed by atoms with E-state index in [2.05, 4.69) is 5.32 Å². The summed E-state index contributed by atoms with van der Waals surface area (Å²) in [6.07, 6.45) is 3.00. The number of aryl methyl sites for hydroxylation is 1. The maximum atomic E-state index is 12.1. The van der Waals surface area contributed by atoms with E-state index in [4.69, 9.17) is 0 Å². The summed E-state index contributed by atoms with van der Waals surface area (Å²) in [7, 11) is 0. The Hall–Kier alpha value is -2.53. The molecule has 0 radical (unpaired) electrons. The standard InChI is InChI=1S/C19H17IN2O3/c20-16-10-14(11-17(23)18(16)24)9-15(12-21)19(25)22-8-4-7-13-5-2-1-3-6-13/h1-3,5-6,9-11,23-24H,4,7-8H2,(H,22,25)/b15-9+. The Balaban J connectivity index is 1.95. The second kappa shape index (κ2) is 9.08. The maximum absolute atomic E-state index is 12.1. The van der Waals surface area contributed by atoms with Crippen LogP contribution in [0.3, 0.4) is 0 Å². The van der Waals surface area contributed by atoms with Gasteiger partial charge in [-0.2, -0.15) is 5.26 Å². The van der Waals surface area contributed by atoms with Gasteiger partial charge in [-0.15, -0.1) is 0 Å². The summed E-state index contributed by atoms with van der Waals surface area (Å²) in [6, 6.07) is 14.7. The number of aromatic hydroxyl groups is 2. The molecule has 2 aromatic rings. The molecular formula is C19H17IN2O3.